The van der Waals surface area contributed by atoms with E-state index in [4.69, 9.17) is 24.1 Å². The lowest BCUT2D eigenvalue weighted by Gasteiger charge is -2.18. The van der Waals surface area contributed by atoms with Gasteiger partial charge in [0.2, 0.25) is 0 Å². The summed E-state index contributed by atoms with van der Waals surface area (Å²) in [5.41, 5.74) is 0. The van der Waals surface area contributed by atoms with Gasteiger partial charge in [-0.1, -0.05) is 54.6 Å². The molecule has 0 saturated heterocycles. The van der Waals surface area contributed by atoms with Crippen LogP contribution in [-0.4, -0.2) is 5.90 Å². The maximum absolute atomic E-state index is 5.92. The second-order valence-corrected chi connectivity index (χ2v) is 5.42. The minimum Gasteiger partial charge on any atom is -0.445 e. The van der Waals surface area contributed by atoms with Gasteiger partial charge in [0.1, 0.15) is 17.2 Å². The fourth-order valence-corrected chi connectivity index (χ4v) is 2.27. The Morgan fingerprint density at radius 1 is 0.556 bits per heavy atom. The highest BCUT2D eigenvalue weighted by atomic mass is 17.3. The molecule has 4 rings (SSSR count). The van der Waals surface area contributed by atoms with Gasteiger partial charge in [0.05, 0.1) is 0 Å². The molecule has 0 amide bonds. The Labute approximate surface area is 155 Å². The lowest BCUT2D eigenvalue weighted by Crippen LogP contribution is -2.25. The van der Waals surface area contributed by atoms with Crippen LogP contribution in [-0.2, 0) is 9.88 Å². The van der Waals surface area contributed by atoms with E-state index in [1.807, 2.05) is 54.6 Å². The summed E-state index contributed by atoms with van der Waals surface area (Å²) in [6, 6.07) is 27.4. The SMILES string of the molecule is c1ccc(OC2=NOOC(Oc3ccccc3)=C2Oc2ccccc2)cc1. The molecule has 3 aromatic carbocycles. The number of nitrogens with zero attached hydrogens (tertiary/aromatic N) is 1. The Hall–Kier alpha value is -3.93. The molecule has 0 unspecified atom stereocenters. The molecule has 6 nitrogen and oxygen atoms in total. The van der Waals surface area contributed by atoms with E-state index in [1.54, 1.807) is 36.4 Å². The largest absolute Gasteiger partial charge is 0.445 e. The van der Waals surface area contributed by atoms with Gasteiger partial charge < -0.3 is 14.2 Å². The third-order valence-electron chi connectivity index (χ3n) is 3.49. The van der Waals surface area contributed by atoms with Crippen molar-refractivity contribution < 1.29 is 24.1 Å². The molecule has 0 N–H and O–H groups in total. The van der Waals surface area contributed by atoms with Gasteiger partial charge in [-0.25, -0.2) is 4.89 Å². The summed E-state index contributed by atoms with van der Waals surface area (Å²) in [6.07, 6.45) is 0. The number of rotatable bonds is 5. The van der Waals surface area contributed by atoms with Gasteiger partial charge >= 0.3 is 11.8 Å². The quantitative estimate of drug-likeness (QED) is 0.618. The van der Waals surface area contributed by atoms with Crippen LogP contribution in [0, 0.1) is 0 Å². The highest BCUT2D eigenvalue weighted by molar-refractivity contribution is 5.93. The van der Waals surface area contributed by atoms with Crippen molar-refractivity contribution in [3.8, 4) is 17.2 Å². The van der Waals surface area contributed by atoms with E-state index in [-0.39, 0.29) is 17.6 Å². The third-order valence-corrected chi connectivity index (χ3v) is 3.49. The molecular formula is C21H15NO5. The number of para-hydroxylation sites is 3. The maximum atomic E-state index is 5.92. The van der Waals surface area contributed by atoms with Crippen LogP contribution in [0.25, 0.3) is 0 Å². The van der Waals surface area contributed by atoms with Crippen molar-refractivity contribution in [1.82, 2.24) is 0 Å². The minimum absolute atomic E-state index is 0.0222. The van der Waals surface area contributed by atoms with Crippen molar-refractivity contribution in [2.75, 3.05) is 0 Å². The van der Waals surface area contributed by atoms with Crippen LogP contribution in [0.15, 0.2) is 108 Å². The van der Waals surface area contributed by atoms with Crippen LogP contribution in [0.4, 0.5) is 0 Å². The van der Waals surface area contributed by atoms with Gasteiger partial charge in [-0.2, -0.15) is 4.99 Å². The summed E-state index contributed by atoms with van der Waals surface area (Å²) in [4.78, 5) is 9.91. The molecule has 134 valence electrons. The van der Waals surface area contributed by atoms with E-state index in [2.05, 4.69) is 5.16 Å². The summed E-state index contributed by atoms with van der Waals surface area (Å²) in [7, 11) is 0. The fraction of sp³-hybridized carbons (Fsp3) is 0. The normalized spacial score (nSPS) is 13.1. The molecule has 0 aromatic heterocycles. The van der Waals surface area contributed by atoms with Crippen molar-refractivity contribution in [2.24, 2.45) is 5.16 Å². The first-order valence-corrected chi connectivity index (χ1v) is 8.23. The predicted octanol–water partition coefficient (Wildman–Crippen LogP) is 4.67. The van der Waals surface area contributed by atoms with Gasteiger partial charge in [0.15, 0.2) is 0 Å². The molecule has 1 aliphatic rings. The van der Waals surface area contributed by atoms with Crippen LogP contribution in [0.1, 0.15) is 0 Å². The first-order valence-electron chi connectivity index (χ1n) is 8.23. The van der Waals surface area contributed by atoms with E-state index < -0.39 is 0 Å². The molecule has 0 bridgehead atoms. The molecule has 0 atom stereocenters. The van der Waals surface area contributed by atoms with Gasteiger partial charge in [-0.15, -0.1) is 0 Å². The van der Waals surface area contributed by atoms with Gasteiger partial charge in [-0.05, 0) is 36.4 Å². The topological polar surface area (TPSA) is 58.5 Å². The Morgan fingerprint density at radius 2 is 1.04 bits per heavy atom. The standard InChI is InChI=1S/C21H15NO5/c1-4-10-16(11-5-1)23-19-20(24-17-12-6-2-7-13-17)22-27-26-21(19)25-18-14-8-3-9-15-18/h1-15H. The van der Waals surface area contributed by atoms with E-state index in [9.17, 15) is 0 Å². The van der Waals surface area contributed by atoms with Crippen molar-refractivity contribution in [3.05, 3.63) is 103 Å². The van der Waals surface area contributed by atoms with Crippen molar-refractivity contribution in [3.63, 3.8) is 0 Å². The van der Waals surface area contributed by atoms with E-state index in [0.717, 1.165) is 0 Å². The molecule has 0 radical (unpaired) electrons. The van der Waals surface area contributed by atoms with Crippen LogP contribution >= 0.6 is 0 Å². The fourth-order valence-electron chi connectivity index (χ4n) is 2.27. The summed E-state index contributed by atoms with van der Waals surface area (Å²) in [5.74, 6) is 1.88. The maximum Gasteiger partial charge on any atom is 0.388 e. The zero-order valence-corrected chi connectivity index (χ0v) is 14.1. The molecule has 0 fully saturated rings. The first kappa shape index (κ1) is 16.5. The third kappa shape index (κ3) is 4.19. The van der Waals surface area contributed by atoms with Crippen LogP contribution in [0.3, 0.4) is 0 Å². The summed E-state index contributed by atoms with van der Waals surface area (Å²) in [5, 5.41) is 3.80. The second-order valence-electron chi connectivity index (χ2n) is 5.42. The van der Waals surface area contributed by atoms with Gasteiger partial charge in [-0.3, -0.25) is 0 Å². The molecule has 0 aliphatic carbocycles. The first-order chi connectivity index (χ1) is 13.4. The smallest absolute Gasteiger partial charge is 0.388 e. The average Bonchev–Trinajstić information content (AvgIpc) is 2.73. The summed E-state index contributed by atoms with van der Waals surface area (Å²) < 4.78 is 17.5. The summed E-state index contributed by atoms with van der Waals surface area (Å²) >= 11 is 0. The Morgan fingerprint density at radius 3 is 1.59 bits per heavy atom. The number of benzene rings is 3. The molecule has 3 aromatic rings. The number of hydrogen-bond acceptors (Lipinski definition) is 6. The number of hydrogen-bond donors (Lipinski definition) is 0. The van der Waals surface area contributed by atoms with E-state index in [0.29, 0.717) is 17.2 Å². The second kappa shape index (κ2) is 7.97. The lowest BCUT2D eigenvalue weighted by atomic mass is 10.3. The summed E-state index contributed by atoms with van der Waals surface area (Å²) in [6.45, 7) is 0. The van der Waals surface area contributed by atoms with Crippen molar-refractivity contribution in [2.45, 2.75) is 0 Å². The Balaban J connectivity index is 1.67. The number of oxime groups is 1. The van der Waals surface area contributed by atoms with E-state index >= 15 is 0 Å². The van der Waals surface area contributed by atoms with Crippen LogP contribution < -0.4 is 14.2 Å². The highest BCUT2D eigenvalue weighted by Gasteiger charge is 2.29. The monoisotopic (exact) mass is 361 g/mol. The average molecular weight is 361 g/mol. The van der Waals surface area contributed by atoms with Gasteiger partial charge in [0.25, 0.3) is 5.76 Å². The van der Waals surface area contributed by atoms with Crippen LogP contribution in [0.2, 0.25) is 0 Å². The molecule has 1 aliphatic heterocycles. The van der Waals surface area contributed by atoms with Gasteiger partial charge in [0, 0.05) is 5.16 Å². The van der Waals surface area contributed by atoms with Crippen molar-refractivity contribution >= 4 is 5.90 Å². The number of ether oxygens (including phenoxy) is 3. The zero-order chi connectivity index (χ0) is 18.3. The highest BCUT2D eigenvalue weighted by Crippen LogP contribution is 2.25. The Bertz CT molecular complexity index is 940. The van der Waals surface area contributed by atoms with E-state index in [1.165, 1.54) is 0 Å². The zero-order valence-electron chi connectivity index (χ0n) is 14.1. The molecule has 0 spiro atoms. The molecule has 0 saturated carbocycles. The van der Waals surface area contributed by atoms with Crippen molar-refractivity contribution in [1.29, 1.82) is 0 Å². The predicted molar refractivity (Wildman–Crippen MR) is 97.8 cm³/mol. The Kier molecular flexibility index (Phi) is 4.88. The lowest BCUT2D eigenvalue weighted by molar-refractivity contribution is -0.291. The molecular weight excluding hydrogens is 346 g/mol. The minimum atomic E-state index is -0.0222. The molecule has 27 heavy (non-hydrogen) atoms. The van der Waals surface area contributed by atoms with Crippen LogP contribution in [0.5, 0.6) is 17.2 Å². The molecule has 1 heterocycles. The molecule has 6 heteroatoms.